The number of rotatable bonds is 1. The van der Waals surface area contributed by atoms with Gasteiger partial charge in [-0.1, -0.05) is 32.9 Å². The Morgan fingerprint density at radius 1 is 0.926 bits per heavy atom. The van der Waals surface area contributed by atoms with Crippen molar-refractivity contribution in [3.8, 4) is 11.5 Å². The average molecular weight is 360 g/mol. The molecule has 0 aliphatic carbocycles. The van der Waals surface area contributed by atoms with Crippen molar-refractivity contribution in [3.63, 3.8) is 0 Å². The highest BCUT2D eigenvalue weighted by Crippen LogP contribution is 2.50. The van der Waals surface area contributed by atoms with Gasteiger partial charge in [0.05, 0.1) is 11.9 Å². The monoisotopic (exact) mass is 360 g/mol. The topological polar surface area (TPSA) is 51.1 Å². The number of fused-ring (bicyclic) bond motifs is 2. The van der Waals surface area contributed by atoms with E-state index in [0.29, 0.717) is 11.6 Å². The van der Waals surface area contributed by atoms with Gasteiger partial charge in [0.1, 0.15) is 0 Å². The summed E-state index contributed by atoms with van der Waals surface area (Å²) in [5.41, 5.74) is 5.87. The maximum Gasteiger partial charge on any atom is 0.204 e. The molecule has 5 heteroatoms. The molecule has 1 aromatic carbocycles. The summed E-state index contributed by atoms with van der Waals surface area (Å²) in [6, 6.07) is 8.35. The minimum atomic E-state index is 0.0873. The van der Waals surface area contributed by atoms with Crippen LogP contribution in [0.25, 0.3) is 0 Å². The van der Waals surface area contributed by atoms with Gasteiger partial charge in [0, 0.05) is 12.3 Å². The summed E-state index contributed by atoms with van der Waals surface area (Å²) in [7, 11) is 0. The number of pyridine rings is 1. The molecule has 4 rings (SSSR count). The third-order valence-electron chi connectivity index (χ3n) is 4.86. The predicted molar refractivity (Wildman–Crippen MR) is 107 cm³/mol. The molecule has 0 radical (unpaired) electrons. The fourth-order valence-corrected chi connectivity index (χ4v) is 3.50. The number of ether oxygens (including phenoxy) is 1. The Balaban J connectivity index is 1.97. The first-order chi connectivity index (χ1) is 12.8. The Labute approximate surface area is 160 Å². The van der Waals surface area contributed by atoms with Crippen molar-refractivity contribution < 1.29 is 4.74 Å². The molecule has 1 aliphatic heterocycles. The second-order valence-corrected chi connectivity index (χ2v) is 8.20. The van der Waals surface area contributed by atoms with Gasteiger partial charge in [0.15, 0.2) is 17.3 Å². The van der Waals surface area contributed by atoms with E-state index in [9.17, 15) is 0 Å². The van der Waals surface area contributed by atoms with Crippen LogP contribution in [-0.2, 0) is 5.41 Å². The summed E-state index contributed by atoms with van der Waals surface area (Å²) in [5.74, 6) is 2.82. The lowest BCUT2D eigenvalue weighted by Gasteiger charge is -2.33. The van der Waals surface area contributed by atoms with Crippen molar-refractivity contribution in [2.24, 2.45) is 0 Å². The minimum absolute atomic E-state index is 0.0873. The molecule has 0 bridgehead atoms. The van der Waals surface area contributed by atoms with E-state index >= 15 is 0 Å². The van der Waals surface area contributed by atoms with Gasteiger partial charge in [-0.25, -0.2) is 4.98 Å². The maximum atomic E-state index is 6.06. The smallest absolute Gasteiger partial charge is 0.204 e. The Bertz CT molecular complexity index is 1010. The van der Waals surface area contributed by atoms with Crippen LogP contribution in [0.2, 0.25) is 0 Å². The Morgan fingerprint density at radius 2 is 1.63 bits per heavy atom. The van der Waals surface area contributed by atoms with Crippen LogP contribution < -0.4 is 9.64 Å². The summed E-state index contributed by atoms with van der Waals surface area (Å²) >= 11 is 0. The van der Waals surface area contributed by atoms with Crippen LogP contribution in [0.1, 0.15) is 43.0 Å². The lowest BCUT2D eigenvalue weighted by molar-refractivity contribution is 0.468. The SMILES string of the molecule is Cc1cnc2c(c1)Oc1ccnnc1N2c1c(C)cc(C(C)(C)C)cc1C. The molecule has 27 heavy (non-hydrogen) atoms. The molecule has 0 amide bonds. The molecule has 138 valence electrons. The van der Waals surface area contributed by atoms with Crippen LogP contribution in [0.3, 0.4) is 0 Å². The number of hydrogen-bond donors (Lipinski definition) is 0. The summed E-state index contributed by atoms with van der Waals surface area (Å²) in [6.07, 6.45) is 3.50. The summed E-state index contributed by atoms with van der Waals surface area (Å²) in [4.78, 5) is 6.73. The van der Waals surface area contributed by atoms with Crippen molar-refractivity contribution in [2.75, 3.05) is 4.90 Å². The van der Waals surface area contributed by atoms with Crippen LogP contribution in [0, 0.1) is 20.8 Å². The fourth-order valence-electron chi connectivity index (χ4n) is 3.50. The number of nitrogens with zero attached hydrogens (tertiary/aromatic N) is 4. The lowest BCUT2D eigenvalue weighted by atomic mass is 9.84. The van der Waals surface area contributed by atoms with Gasteiger partial charge in [-0.15, -0.1) is 5.10 Å². The highest BCUT2D eigenvalue weighted by atomic mass is 16.5. The van der Waals surface area contributed by atoms with Crippen LogP contribution in [0.15, 0.2) is 36.7 Å². The number of benzene rings is 1. The quantitative estimate of drug-likeness (QED) is 0.438. The first-order valence-electron chi connectivity index (χ1n) is 9.14. The van der Waals surface area contributed by atoms with E-state index in [2.05, 4.69) is 66.8 Å². The maximum absolute atomic E-state index is 6.06. The highest BCUT2D eigenvalue weighted by molar-refractivity contribution is 5.84. The van der Waals surface area contributed by atoms with E-state index in [0.717, 1.165) is 22.8 Å². The molecule has 0 N–H and O–H groups in total. The van der Waals surface area contributed by atoms with Gasteiger partial charge in [0.2, 0.25) is 5.82 Å². The standard InChI is InChI=1S/C22H24N4O/c1-13-9-18-20(23-12-13)26(21-17(27-18)7-8-24-25-21)19-14(2)10-16(11-15(19)3)22(4,5)6/h7-12H,1-6H3. The summed E-state index contributed by atoms with van der Waals surface area (Å²) in [5, 5.41) is 8.44. The van der Waals surface area contributed by atoms with E-state index in [4.69, 9.17) is 4.74 Å². The molecular formula is C22H24N4O. The van der Waals surface area contributed by atoms with Gasteiger partial charge < -0.3 is 4.74 Å². The van der Waals surface area contributed by atoms with Gasteiger partial charge in [-0.05, 0) is 54.5 Å². The fraction of sp³-hybridized carbons (Fsp3) is 0.318. The van der Waals surface area contributed by atoms with E-state index < -0.39 is 0 Å². The minimum Gasteiger partial charge on any atom is -0.449 e. The van der Waals surface area contributed by atoms with E-state index in [1.807, 2.05) is 25.3 Å². The number of hydrogen-bond acceptors (Lipinski definition) is 5. The molecule has 1 aliphatic rings. The van der Waals surface area contributed by atoms with Gasteiger partial charge in [-0.2, -0.15) is 5.10 Å². The molecule has 2 aromatic heterocycles. The van der Waals surface area contributed by atoms with Crippen LogP contribution in [0.4, 0.5) is 17.3 Å². The first kappa shape index (κ1) is 17.5. The van der Waals surface area contributed by atoms with Crippen molar-refractivity contribution in [1.82, 2.24) is 15.2 Å². The normalized spacial score (nSPS) is 13.0. The molecule has 0 spiro atoms. The molecular weight excluding hydrogens is 336 g/mol. The molecule has 0 unspecified atom stereocenters. The lowest BCUT2D eigenvalue weighted by Crippen LogP contribution is -2.21. The van der Waals surface area contributed by atoms with Crippen LogP contribution in [0.5, 0.6) is 11.5 Å². The Kier molecular flexibility index (Phi) is 3.91. The molecule has 0 saturated heterocycles. The first-order valence-corrected chi connectivity index (χ1v) is 9.14. The van der Waals surface area contributed by atoms with Crippen LogP contribution in [-0.4, -0.2) is 15.2 Å². The molecule has 0 saturated carbocycles. The van der Waals surface area contributed by atoms with Crippen molar-refractivity contribution in [2.45, 2.75) is 47.0 Å². The van der Waals surface area contributed by atoms with E-state index in [1.165, 1.54) is 16.7 Å². The zero-order valence-corrected chi connectivity index (χ0v) is 16.7. The zero-order chi connectivity index (χ0) is 19.3. The van der Waals surface area contributed by atoms with Crippen molar-refractivity contribution >= 4 is 17.3 Å². The molecule has 3 heterocycles. The largest absolute Gasteiger partial charge is 0.449 e. The molecule has 3 aromatic rings. The molecule has 0 atom stereocenters. The van der Waals surface area contributed by atoms with E-state index in [1.54, 1.807) is 6.20 Å². The van der Waals surface area contributed by atoms with Crippen LogP contribution >= 0.6 is 0 Å². The Morgan fingerprint density at radius 3 is 2.30 bits per heavy atom. The van der Waals surface area contributed by atoms with Gasteiger partial charge in [0.25, 0.3) is 0 Å². The van der Waals surface area contributed by atoms with Gasteiger partial charge in [-0.3, -0.25) is 4.90 Å². The van der Waals surface area contributed by atoms with Crippen molar-refractivity contribution in [3.05, 3.63) is 58.9 Å². The number of anilines is 3. The Hall–Kier alpha value is -2.95. The molecule has 5 nitrogen and oxygen atoms in total. The predicted octanol–water partition coefficient (Wildman–Crippen LogP) is 5.67. The van der Waals surface area contributed by atoms with E-state index in [-0.39, 0.29) is 5.41 Å². The van der Waals surface area contributed by atoms with Gasteiger partial charge >= 0.3 is 0 Å². The zero-order valence-electron chi connectivity index (χ0n) is 16.7. The third kappa shape index (κ3) is 2.93. The second kappa shape index (κ2) is 6.05. The molecule has 0 fully saturated rings. The summed E-state index contributed by atoms with van der Waals surface area (Å²) < 4.78 is 6.06. The number of aryl methyl sites for hydroxylation is 3. The third-order valence-corrected chi connectivity index (χ3v) is 4.86. The van der Waals surface area contributed by atoms with Crippen molar-refractivity contribution in [1.29, 1.82) is 0 Å². The second-order valence-electron chi connectivity index (χ2n) is 8.20. The number of aromatic nitrogens is 3. The highest BCUT2D eigenvalue weighted by Gasteiger charge is 2.31. The average Bonchev–Trinajstić information content (AvgIpc) is 2.59. The summed E-state index contributed by atoms with van der Waals surface area (Å²) in [6.45, 7) is 13.0.